The Morgan fingerprint density at radius 2 is 1.88 bits per heavy atom. The van der Waals surface area contributed by atoms with Crippen LogP contribution in [0.3, 0.4) is 0 Å². The zero-order chi connectivity index (χ0) is 17.1. The minimum Gasteiger partial charge on any atom is -0.385 e. The second-order valence-electron chi connectivity index (χ2n) is 7.06. The molecule has 4 heteroatoms. The number of benzene rings is 2. The lowest BCUT2D eigenvalue weighted by Gasteiger charge is -2.11. The SMILES string of the molecule is CC(C)CN=c1ccc2nc3ccc(NCC(C)C)cc3sc-2c1. The summed E-state index contributed by atoms with van der Waals surface area (Å²) in [7, 11) is 0. The van der Waals surface area contributed by atoms with Gasteiger partial charge in [0, 0.05) is 18.8 Å². The summed E-state index contributed by atoms with van der Waals surface area (Å²) in [5.41, 5.74) is 3.25. The second kappa shape index (κ2) is 7.31. The van der Waals surface area contributed by atoms with E-state index >= 15 is 0 Å². The van der Waals surface area contributed by atoms with E-state index in [2.05, 4.69) is 74.4 Å². The summed E-state index contributed by atoms with van der Waals surface area (Å²) in [5.74, 6) is 1.21. The van der Waals surface area contributed by atoms with Crippen LogP contribution in [0.1, 0.15) is 27.7 Å². The van der Waals surface area contributed by atoms with Crippen LogP contribution in [0.4, 0.5) is 5.69 Å². The molecule has 0 fully saturated rings. The van der Waals surface area contributed by atoms with Crippen molar-refractivity contribution in [3.8, 4) is 10.6 Å². The first kappa shape index (κ1) is 16.9. The van der Waals surface area contributed by atoms with Crippen LogP contribution in [0.2, 0.25) is 0 Å². The summed E-state index contributed by atoms with van der Waals surface area (Å²) in [6.07, 6.45) is 0. The molecule has 0 aromatic heterocycles. The molecule has 0 atom stereocenters. The maximum absolute atomic E-state index is 4.79. The van der Waals surface area contributed by atoms with Crippen molar-refractivity contribution >= 4 is 27.2 Å². The van der Waals surface area contributed by atoms with Crippen LogP contribution in [-0.2, 0) is 0 Å². The van der Waals surface area contributed by atoms with Gasteiger partial charge in [-0.2, -0.15) is 0 Å². The summed E-state index contributed by atoms with van der Waals surface area (Å²) in [6.45, 7) is 10.7. The summed E-state index contributed by atoms with van der Waals surface area (Å²) in [6, 6.07) is 12.7. The third-order valence-electron chi connectivity index (χ3n) is 3.72. The summed E-state index contributed by atoms with van der Waals surface area (Å²) >= 11 is 1.79. The molecule has 1 aliphatic carbocycles. The van der Waals surface area contributed by atoms with Crippen LogP contribution in [-0.4, -0.2) is 18.1 Å². The Kier molecular flexibility index (Phi) is 5.14. The van der Waals surface area contributed by atoms with E-state index in [4.69, 9.17) is 4.98 Å². The largest absolute Gasteiger partial charge is 0.385 e. The van der Waals surface area contributed by atoms with E-state index in [1.54, 1.807) is 11.3 Å². The third kappa shape index (κ3) is 4.12. The van der Waals surface area contributed by atoms with Crippen molar-refractivity contribution in [2.45, 2.75) is 27.7 Å². The summed E-state index contributed by atoms with van der Waals surface area (Å²) in [5, 5.41) is 4.53. The maximum Gasteiger partial charge on any atom is 0.0811 e. The average molecular weight is 340 g/mol. The quantitative estimate of drug-likeness (QED) is 0.662. The van der Waals surface area contributed by atoms with Gasteiger partial charge in [-0.25, -0.2) is 4.98 Å². The van der Waals surface area contributed by atoms with E-state index in [0.717, 1.165) is 35.3 Å². The molecule has 0 unspecified atom stereocenters. The number of hydrogen-bond acceptors (Lipinski definition) is 4. The predicted molar refractivity (Wildman–Crippen MR) is 105 cm³/mol. The van der Waals surface area contributed by atoms with Crippen molar-refractivity contribution in [2.24, 2.45) is 16.8 Å². The van der Waals surface area contributed by atoms with Gasteiger partial charge in [-0.15, -0.1) is 11.3 Å². The Bertz CT molecular complexity index is 864. The monoisotopic (exact) mass is 339 g/mol. The fourth-order valence-corrected chi connectivity index (χ4v) is 3.47. The van der Waals surface area contributed by atoms with Crippen LogP contribution in [0.25, 0.3) is 20.8 Å². The molecule has 0 saturated heterocycles. The van der Waals surface area contributed by atoms with E-state index < -0.39 is 0 Å². The Balaban J connectivity index is 1.99. The highest BCUT2D eigenvalue weighted by Crippen LogP contribution is 2.31. The van der Waals surface area contributed by atoms with Gasteiger partial charge < -0.3 is 5.32 Å². The Hall–Kier alpha value is -1.94. The molecule has 24 heavy (non-hydrogen) atoms. The van der Waals surface area contributed by atoms with Crippen LogP contribution in [0.5, 0.6) is 0 Å². The highest BCUT2D eigenvalue weighted by atomic mass is 32.1. The molecule has 3 nitrogen and oxygen atoms in total. The lowest BCUT2D eigenvalue weighted by molar-refractivity contribution is 0.656. The van der Waals surface area contributed by atoms with Gasteiger partial charge in [0.25, 0.3) is 0 Å². The standard InChI is InChI=1S/C20H25N3S/c1-13(2)11-21-15-5-7-17-19(9-15)24-20-10-16(22-12-14(3)4)6-8-18(20)23-17/h5-10,13-14,21H,11-12H2,1-4H3. The molecule has 126 valence electrons. The molecule has 1 aromatic carbocycles. The van der Waals surface area contributed by atoms with Crippen molar-refractivity contribution in [1.82, 2.24) is 4.98 Å². The average Bonchev–Trinajstić information content (AvgIpc) is 2.55. The topological polar surface area (TPSA) is 37.3 Å². The molecule has 0 bridgehead atoms. The van der Waals surface area contributed by atoms with E-state index in [9.17, 15) is 0 Å². The van der Waals surface area contributed by atoms with Crippen molar-refractivity contribution < 1.29 is 0 Å². The molecule has 1 heterocycles. The number of aromatic nitrogens is 1. The van der Waals surface area contributed by atoms with E-state index in [1.807, 2.05) is 0 Å². The van der Waals surface area contributed by atoms with Gasteiger partial charge in [-0.3, -0.25) is 4.99 Å². The van der Waals surface area contributed by atoms with E-state index in [-0.39, 0.29) is 0 Å². The van der Waals surface area contributed by atoms with Gasteiger partial charge in [-0.1, -0.05) is 27.7 Å². The highest BCUT2D eigenvalue weighted by molar-refractivity contribution is 7.21. The van der Waals surface area contributed by atoms with Crippen molar-refractivity contribution in [3.63, 3.8) is 0 Å². The summed E-state index contributed by atoms with van der Waals surface area (Å²) in [4.78, 5) is 10.6. The van der Waals surface area contributed by atoms with Crippen molar-refractivity contribution in [2.75, 3.05) is 18.4 Å². The second-order valence-corrected chi connectivity index (χ2v) is 8.14. The zero-order valence-electron chi connectivity index (χ0n) is 14.8. The minimum atomic E-state index is 0.577. The van der Waals surface area contributed by atoms with Crippen LogP contribution >= 0.6 is 11.3 Å². The minimum absolute atomic E-state index is 0.577. The van der Waals surface area contributed by atoms with E-state index in [1.165, 1.54) is 9.58 Å². The first-order valence-corrected chi connectivity index (χ1v) is 9.42. The van der Waals surface area contributed by atoms with Gasteiger partial charge in [0.15, 0.2) is 0 Å². The van der Waals surface area contributed by atoms with Crippen LogP contribution in [0.15, 0.2) is 41.4 Å². The molecular formula is C20H25N3S. The Labute approximate surface area is 147 Å². The fraction of sp³-hybridized carbons (Fsp3) is 0.400. The van der Waals surface area contributed by atoms with Gasteiger partial charge in [0.2, 0.25) is 0 Å². The molecule has 0 amide bonds. The van der Waals surface area contributed by atoms with Crippen molar-refractivity contribution in [1.29, 1.82) is 0 Å². The number of rotatable bonds is 5. The molecule has 0 radical (unpaired) electrons. The van der Waals surface area contributed by atoms with Gasteiger partial charge >= 0.3 is 0 Å². The molecule has 1 aromatic rings. The number of nitrogens with one attached hydrogen (secondary N) is 1. The number of fused-ring (bicyclic) bond motifs is 2. The summed E-state index contributed by atoms with van der Waals surface area (Å²) < 4.78 is 1.21. The van der Waals surface area contributed by atoms with Crippen LogP contribution in [0, 0.1) is 11.8 Å². The van der Waals surface area contributed by atoms with Crippen LogP contribution < -0.4 is 10.7 Å². The van der Waals surface area contributed by atoms with E-state index in [0.29, 0.717) is 11.8 Å². The predicted octanol–water partition coefficient (Wildman–Crippen LogP) is 5.03. The molecule has 0 saturated carbocycles. The maximum atomic E-state index is 4.79. The smallest absolute Gasteiger partial charge is 0.0811 e. The Morgan fingerprint density at radius 3 is 2.62 bits per heavy atom. The normalized spacial score (nSPS) is 12.7. The number of hydrogen-bond donors (Lipinski definition) is 1. The molecule has 1 N–H and O–H groups in total. The molecule has 1 aliphatic heterocycles. The fourth-order valence-electron chi connectivity index (χ4n) is 2.43. The third-order valence-corrected chi connectivity index (χ3v) is 4.81. The molecule has 0 spiro atoms. The lowest BCUT2D eigenvalue weighted by Crippen LogP contribution is -2.07. The molecular weight excluding hydrogens is 314 g/mol. The first-order valence-electron chi connectivity index (χ1n) is 8.60. The van der Waals surface area contributed by atoms with Crippen molar-refractivity contribution in [3.05, 3.63) is 41.8 Å². The first-order chi connectivity index (χ1) is 11.5. The highest BCUT2D eigenvalue weighted by Gasteiger charge is 2.08. The van der Waals surface area contributed by atoms with Gasteiger partial charge in [0.1, 0.15) is 0 Å². The lowest BCUT2D eigenvalue weighted by atomic mass is 10.2. The Morgan fingerprint density at radius 1 is 1.04 bits per heavy atom. The zero-order valence-corrected chi connectivity index (χ0v) is 15.7. The van der Waals surface area contributed by atoms with Gasteiger partial charge in [-0.05, 0) is 48.2 Å². The molecule has 2 aliphatic rings. The number of nitrogens with zero attached hydrogens (tertiary/aromatic N) is 2. The molecule has 3 rings (SSSR count). The van der Waals surface area contributed by atoms with Gasteiger partial charge in [0.05, 0.1) is 26.1 Å². The number of anilines is 1.